The van der Waals surface area contributed by atoms with Gasteiger partial charge in [-0.05, 0) is 36.8 Å². The van der Waals surface area contributed by atoms with Gasteiger partial charge in [-0.3, -0.25) is 14.7 Å². The summed E-state index contributed by atoms with van der Waals surface area (Å²) < 4.78 is 39.0. The molecule has 1 amide bonds. The Bertz CT molecular complexity index is 1120. The van der Waals surface area contributed by atoms with Crippen molar-refractivity contribution in [3.05, 3.63) is 70.3 Å². The number of nitrogens with zero attached hydrogens (tertiary/aromatic N) is 3. The quantitative estimate of drug-likeness (QED) is 0.702. The molecule has 1 aromatic carbocycles. The predicted octanol–water partition coefficient (Wildman–Crippen LogP) is 2.78. The second-order valence-corrected chi connectivity index (χ2v) is 6.18. The Morgan fingerprint density at radius 3 is 2.48 bits per heavy atom. The molecule has 0 unspecified atom stereocenters. The number of hydrogen-bond donors (Lipinski definition) is 2. The second-order valence-electron chi connectivity index (χ2n) is 6.18. The van der Waals surface area contributed by atoms with Crippen molar-refractivity contribution in [3.8, 4) is 23.0 Å². The monoisotopic (exact) mass is 401 g/mol. The van der Waals surface area contributed by atoms with E-state index in [0.29, 0.717) is 16.7 Å². The molecular weight excluding hydrogens is 387 g/mol. The van der Waals surface area contributed by atoms with E-state index in [0.717, 1.165) is 13.1 Å². The maximum atomic E-state index is 12.5. The minimum absolute atomic E-state index is 0.0494. The van der Waals surface area contributed by atoms with Crippen molar-refractivity contribution in [3.63, 3.8) is 0 Å². The first-order chi connectivity index (χ1) is 13.7. The van der Waals surface area contributed by atoms with Crippen molar-refractivity contribution in [1.29, 1.82) is 5.26 Å². The summed E-state index contributed by atoms with van der Waals surface area (Å²) in [5.41, 5.74) is 0.960. The van der Waals surface area contributed by atoms with E-state index in [4.69, 9.17) is 5.26 Å². The second kappa shape index (κ2) is 7.63. The molecule has 0 saturated heterocycles. The predicted molar refractivity (Wildman–Crippen MR) is 97.3 cm³/mol. The van der Waals surface area contributed by atoms with E-state index < -0.39 is 23.7 Å². The zero-order chi connectivity index (χ0) is 21.2. The molecule has 0 aliphatic heterocycles. The van der Waals surface area contributed by atoms with Gasteiger partial charge in [0.05, 0.1) is 22.8 Å². The molecule has 3 rings (SSSR count). The third kappa shape index (κ3) is 4.35. The van der Waals surface area contributed by atoms with Crippen LogP contribution in [0, 0.1) is 11.3 Å². The smallest absolute Gasteiger partial charge is 0.340 e. The van der Waals surface area contributed by atoms with Gasteiger partial charge in [0.1, 0.15) is 6.04 Å². The maximum absolute atomic E-state index is 12.5. The van der Waals surface area contributed by atoms with Crippen LogP contribution >= 0.6 is 0 Å². The van der Waals surface area contributed by atoms with Gasteiger partial charge < -0.3 is 5.32 Å². The minimum Gasteiger partial charge on any atom is -0.340 e. The van der Waals surface area contributed by atoms with Gasteiger partial charge in [0.15, 0.2) is 5.82 Å². The Balaban J connectivity index is 1.81. The molecular formula is C19H14F3N5O2. The number of pyridine rings is 1. The third-order valence-electron chi connectivity index (χ3n) is 4.15. The molecule has 0 aliphatic rings. The number of amides is 1. The molecule has 0 spiro atoms. The maximum Gasteiger partial charge on any atom is 0.408 e. The van der Waals surface area contributed by atoms with Gasteiger partial charge in [0, 0.05) is 12.4 Å². The number of halogens is 3. The molecule has 0 fully saturated rings. The highest BCUT2D eigenvalue weighted by atomic mass is 19.4. The summed E-state index contributed by atoms with van der Waals surface area (Å²) in [5, 5.41) is 13.3. The van der Waals surface area contributed by atoms with Crippen LogP contribution in [0.2, 0.25) is 0 Å². The van der Waals surface area contributed by atoms with Crippen LogP contribution in [0.1, 0.15) is 22.8 Å². The van der Waals surface area contributed by atoms with Gasteiger partial charge in [-0.25, -0.2) is 9.67 Å². The molecule has 2 heterocycles. The molecule has 0 bridgehead atoms. The fourth-order valence-corrected chi connectivity index (χ4v) is 2.47. The average Bonchev–Trinajstić information content (AvgIpc) is 3.09. The third-order valence-corrected chi connectivity index (χ3v) is 4.15. The SMILES string of the molecule is C[C@H](NC(=O)c1ccc(-n2cc(-c3ccc(C#N)cc3)c(=O)[nH]2)nc1)C(F)(F)F. The number of benzene rings is 1. The summed E-state index contributed by atoms with van der Waals surface area (Å²) in [7, 11) is 0. The van der Waals surface area contributed by atoms with Gasteiger partial charge in [-0.1, -0.05) is 12.1 Å². The van der Waals surface area contributed by atoms with Crippen LogP contribution in [0.3, 0.4) is 0 Å². The summed E-state index contributed by atoms with van der Waals surface area (Å²) in [6.45, 7) is 0.842. The molecule has 2 N–H and O–H groups in total. The first-order valence-corrected chi connectivity index (χ1v) is 8.35. The zero-order valence-electron chi connectivity index (χ0n) is 15.0. The van der Waals surface area contributed by atoms with E-state index in [1.165, 1.54) is 23.0 Å². The molecule has 0 radical (unpaired) electrons. The number of hydrogen-bond acceptors (Lipinski definition) is 4. The van der Waals surface area contributed by atoms with Crippen LogP contribution in [0.25, 0.3) is 16.9 Å². The van der Waals surface area contributed by atoms with Crippen LogP contribution in [0.4, 0.5) is 13.2 Å². The first kappa shape index (κ1) is 19.9. The van der Waals surface area contributed by atoms with Gasteiger partial charge >= 0.3 is 6.18 Å². The lowest BCUT2D eigenvalue weighted by atomic mass is 10.1. The lowest BCUT2D eigenvalue weighted by molar-refractivity contribution is -0.149. The van der Waals surface area contributed by atoms with Crippen molar-refractivity contribution in [2.24, 2.45) is 0 Å². The fraction of sp³-hybridized carbons (Fsp3) is 0.158. The van der Waals surface area contributed by atoms with Crippen LogP contribution in [0.15, 0.2) is 53.6 Å². The lowest BCUT2D eigenvalue weighted by Gasteiger charge is -2.17. The van der Waals surface area contributed by atoms with Crippen LogP contribution in [0.5, 0.6) is 0 Å². The molecule has 7 nitrogen and oxygen atoms in total. The number of H-pyrrole nitrogens is 1. The van der Waals surface area contributed by atoms with Crippen molar-refractivity contribution in [1.82, 2.24) is 20.1 Å². The van der Waals surface area contributed by atoms with E-state index in [2.05, 4.69) is 10.1 Å². The van der Waals surface area contributed by atoms with Crippen LogP contribution in [-0.2, 0) is 0 Å². The summed E-state index contributed by atoms with van der Waals surface area (Å²) >= 11 is 0. The number of nitrogens with one attached hydrogen (secondary N) is 2. The number of carbonyl (C=O) groups is 1. The van der Waals surface area contributed by atoms with Crippen LogP contribution in [-0.4, -0.2) is 32.9 Å². The van der Waals surface area contributed by atoms with Crippen molar-refractivity contribution in [2.45, 2.75) is 19.1 Å². The summed E-state index contributed by atoms with van der Waals surface area (Å²) in [6.07, 6.45) is -1.93. The molecule has 0 saturated carbocycles. The molecule has 3 aromatic rings. The minimum atomic E-state index is -4.55. The Hall–Kier alpha value is -3.87. The topological polar surface area (TPSA) is 104 Å². The van der Waals surface area contributed by atoms with E-state index in [1.807, 2.05) is 11.4 Å². The zero-order valence-corrected chi connectivity index (χ0v) is 15.0. The van der Waals surface area contributed by atoms with Crippen LogP contribution < -0.4 is 10.9 Å². The molecule has 2 aromatic heterocycles. The average molecular weight is 401 g/mol. The van der Waals surface area contributed by atoms with Crippen molar-refractivity contribution < 1.29 is 18.0 Å². The fourth-order valence-electron chi connectivity index (χ4n) is 2.47. The van der Waals surface area contributed by atoms with Crippen molar-refractivity contribution >= 4 is 5.91 Å². The molecule has 0 aliphatic carbocycles. The van der Waals surface area contributed by atoms with Gasteiger partial charge in [-0.2, -0.15) is 18.4 Å². The number of alkyl halides is 3. The Morgan fingerprint density at radius 1 is 1.24 bits per heavy atom. The van der Waals surface area contributed by atoms with Gasteiger partial charge in [-0.15, -0.1) is 0 Å². The molecule has 10 heteroatoms. The highest BCUT2D eigenvalue weighted by Crippen LogP contribution is 2.20. The normalized spacial score (nSPS) is 12.2. The number of nitriles is 1. The van der Waals surface area contributed by atoms with Gasteiger partial charge in [0.2, 0.25) is 0 Å². The van der Waals surface area contributed by atoms with E-state index in [-0.39, 0.29) is 11.4 Å². The standard InChI is InChI=1S/C19H14F3N5O2/c1-11(19(20,21)22)25-17(28)14-6-7-16(24-9-14)27-10-15(18(29)26-27)13-4-2-12(8-23)3-5-13/h2-7,9-11H,1H3,(H,25,28)(H,26,29)/t11-/m0/s1. The van der Waals surface area contributed by atoms with Crippen molar-refractivity contribution in [2.75, 3.05) is 0 Å². The Labute approximate surface area is 162 Å². The Kier molecular flexibility index (Phi) is 5.23. The van der Waals surface area contributed by atoms with E-state index in [1.54, 1.807) is 24.3 Å². The molecule has 1 atom stereocenters. The number of aromatic amines is 1. The van der Waals surface area contributed by atoms with E-state index >= 15 is 0 Å². The summed E-state index contributed by atoms with van der Waals surface area (Å²) in [5.74, 6) is -0.643. The first-order valence-electron chi connectivity index (χ1n) is 8.35. The molecule has 29 heavy (non-hydrogen) atoms. The highest BCUT2D eigenvalue weighted by molar-refractivity contribution is 5.94. The number of carbonyl (C=O) groups excluding carboxylic acids is 1. The van der Waals surface area contributed by atoms with Gasteiger partial charge in [0.25, 0.3) is 11.5 Å². The molecule has 148 valence electrons. The highest BCUT2D eigenvalue weighted by Gasteiger charge is 2.37. The summed E-state index contributed by atoms with van der Waals surface area (Å²) in [4.78, 5) is 28.1. The number of aromatic nitrogens is 3. The lowest BCUT2D eigenvalue weighted by Crippen LogP contribution is -2.43. The Morgan fingerprint density at radius 2 is 1.93 bits per heavy atom. The number of rotatable bonds is 4. The summed E-state index contributed by atoms with van der Waals surface area (Å²) in [6, 6.07) is 9.13. The van der Waals surface area contributed by atoms with E-state index in [9.17, 15) is 22.8 Å². The largest absolute Gasteiger partial charge is 0.408 e.